The summed E-state index contributed by atoms with van der Waals surface area (Å²) in [4.78, 5) is 0. The average Bonchev–Trinajstić information content (AvgIpc) is 3.41. The van der Waals surface area contributed by atoms with Gasteiger partial charge < -0.3 is 0 Å². The van der Waals surface area contributed by atoms with Crippen molar-refractivity contribution in [1.29, 1.82) is 0 Å². The van der Waals surface area contributed by atoms with Gasteiger partial charge in [-0.2, -0.15) is 30.3 Å². The number of benzene rings is 1. The van der Waals surface area contributed by atoms with Crippen molar-refractivity contribution in [1.82, 2.24) is 0 Å². The fraction of sp³-hybridized carbons (Fsp3) is 0.280. The van der Waals surface area contributed by atoms with Gasteiger partial charge in [-0.3, -0.25) is 0 Å². The van der Waals surface area contributed by atoms with Crippen LogP contribution in [0.25, 0.3) is 16.3 Å². The summed E-state index contributed by atoms with van der Waals surface area (Å²) in [6.45, 7) is 7.25. The first-order valence-electron chi connectivity index (χ1n) is 9.95. The predicted molar refractivity (Wildman–Crippen MR) is 119 cm³/mol. The Labute approximate surface area is 177 Å². The molecule has 2 heteroatoms. The Morgan fingerprint density at radius 3 is 2.26 bits per heavy atom. The largest absolute Gasteiger partial charge is 2.00 e. The van der Waals surface area contributed by atoms with Gasteiger partial charge in [-0.15, -0.1) is 23.8 Å². The normalized spacial score (nSPS) is 12.4. The van der Waals surface area contributed by atoms with Gasteiger partial charge in [-0.05, 0) is 19.3 Å². The Hall–Kier alpha value is -1.60. The summed E-state index contributed by atoms with van der Waals surface area (Å²) >= 11 is 0. The fourth-order valence-corrected chi connectivity index (χ4v) is 5.96. The van der Waals surface area contributed by atoms with Gasteiger partial charge in [0.25, 0.3) is 0 Å². The third-order valence-corrected chi connectivity index (χ3v) is 7.05. The summed E-state index contributed by atoms with van der Waals surface area (Å²) < 4.78 is 0. The van der Waals surface area contributed by atoms with Crippen LogP contribution in [0.2, 0.25) is 13.1 Å². The smallest absolute Gasteiger partial charge is 0.214 e. The van der Waals surface area contributed by atoms with E-state index < -0.39 is 8.80 Å². The van der Waals surface area contributed by atoms with Gasteiger partial charge in [0.1, 0.15) is 0 Å². The van der Waals surface area contributed by atoms with E-state index in [1.807, 2.05) is 30.3 Å². The Balaban J connectivity index is 0.000000379. The zero-order valence-electron chi connectivity index (χ0n) is 16.7. The molecule has 27 heavy (non-hydrogen) atoms. The van der Waals surface area contributed by atoms with E-state index in [4.69, 9.17) is 0 Å². The average molecular weight is 414 g/mol. The zero-order chi connectivity index (χ0) is 18.4. The number of unbranched alkanes of at least 4 members (excludes halogenated alkanes) is 1. The summed E-state index contributed by atoms with van der Waals surface area (Å²) in [7, 11) is -0.780. The minimum absolute atomic E-state index is 0. The Morgan fingerprint density at radius 1 is 1.00 bits per heavy atom. The van der Waals surface area contributed by atoms with Crippen LogP contribution in [0.1, 0.15) is 37.3 Å². The summed E-state index contributed by atoms with van der Waals surface area (Å²) in [5.41, 5.74) is 7.74. The molecular weight excluding hydrogens is 384 g/mol. The predicted octanol–water partition coefficient (Wildman–Crippen LogP) is 7.00. The molecule has 1 aliphatic rings. The van der Waals surface area contributed by atoms with Crippen LogP contribution >= 0.6 is 0 Å². The molecule has 0 aliphatic heterocycles. The van der Waals surface area contributed by atoms with E-state index in [9.17, 15) is 0 Å². The topological polar surface area (TPSA) is 0 Å². The third-order valence-electron chi connectivity index (χ3n) is 5.18. The van der Waals surface area contributed by atoms with E-state index in [0.717, 1.165) is 0 Å². The van der Waals surface area contributed by atoms with Crippen LogP contribution in [0.5, 0.6) is 0 Å². The maximum absolute atomic E-state index is 2.48. The summed E-state index contributed by atoms with van der Waals surface area (Å²) in [5, 5.41) is 1.76. The molecule has 0 saturated heterocycles. The third kappa shape index (κ3) is 5.22. The van der Waals surface area contributed by atoms with Gasteiger partial charge in [-0.25, -0.2) is 12.1 Å². The van der Waals surface area contributed by atoms with Crippen molar-refractivity contribution in [2.24, 2.45) is 0 Å². The molecule has 1 aliphatic carbocycles. The second-order valence-electron chi connectivity index (χ2n) is 7.42. The molecule has 0 fully saturated rings. The van der Waals surface area contributed by atoms with Gasteiger partial charge in [-0.1, -0.05) is 66.0 Å². The van der Waals surface area contributed by atoms with Crippen LogP contribution in [-0.2, 0) is 23.5 Å². The molecule has 142 valence electrons. The van der Waals surface area contributed by atoms with E-state index in [2.05, 4.69) is 62.5 Å². The number of fused-ring (bicyclic) bond motifs is 1. The van der Waals surface area contributed by atoms with Crippen LogP contribution < -0.4 is 0 Å². The monoisotopic (exact) mass is 414 g/mol. The van der Waals surface area contributed by atoms with Crippen molar-refractivity contribution in [2.45, 2.75) is 45.7 Å². The van der Waals surface area contributed by atoms with Crippen LogP contribution in [0.15, 0.2) is 78.4 Å². The van der Waals surface area contributed by atoms with Crippen molar-refractivity contribution >= 4 is 14.0 Å². The van der Waals surface area contributed by atoms with Gasteiger partial charge in [0.15, 0.2) is 0 Å². The molecule has 0 aromatic heterocycles. The van der Waals surface area contributed by atoms with E-state index in [1.54, 1.807) is 21.9 Å². The van der Waals surface area contributed by atoms with Crippen LogP contribution in [0.4, 0.5) is 0 Å². The second-order valence-corrected chi connectivity index (χ2v) is 10.3. The summed E-state index contributed by atoms with van der Waals surface area (Å²) in [6.07, 6.45) is 5.12. The maximum Gasteiger partial charge on any atom is 2.00 e. The number of hydrogen-bond acceptors (Lipinski definition) is 0. The van der Waals surface area contributed by atoms with Gasteiger partial charge >= 0.3 is 17.1 Å². The molecule has 0 unspecified atom stereocenters. The van der Waals surface area contributed by atoms with E-state index in [0.29, 0.717) is 0 Å². The molecule has 0 atom stereocenters. The van der Waals surface area contributed by atoms with Gasteiger partial charge in [0, 0.05) is 0 Å². The SMILES string of the molecule is CCCCC1=C([SiH](C)C)c2cccc(-[c-]3cccc3)c2C1.[Fe+2].c1cc[cH-]c1. The first-order valence-corrected chi connectivity index (χ1v) is 12.8. The summed E-state index contributed by atoms with van der Waals surface area (Å²) in [5.74, 6) is 0. The van der Waals surface area contributed by atoms with Gasteiger partial charge in [0.05, 0.1) is 8.80 Å². The number of allylic oxidation sites excluding steroid dienone is 1. The summed E-state index contributed by atoms with van der Waals surface area (Å²) in [6, 6.07) is 25.7. The van der Waals surface area contributed by atoms with E-state index in [-0.39, 0.29) is 17.1 Å². The molecule has 0 saturated carbocycles. The Kier molecular flexibility index (Phi) is 8.56. The van der Waals surface area contributed by atoms with Crippen molar-refractivity contribution in [3.63, 3.8) is 0 Å². The van der Waals surface area contributed by atoms with Crippen LogP contribution in [0.3, 0.4) is 0 Å². The Bertz CT molecular complexity index is 806. The molecule has 0 radical (unpaired) electrons. The maximum atomic E-state index is 2.48. The van der Waals surface area contributed by atoms with E-state index in [1.165, 1.54) is 36.8 Å². The van der Waals surface area contributed by atoms with Crippen LogP contribution in [0, 0.1) is 0 Å². The van der Waals surface area contributed by atoms with Gasteiger partial charge in [0.2, 0.25) is 0 Å². The molecule has 4 rings (SSSR count). The van der Waals surface area contributed by atoms with Crippen molar-refractivity contribution in [3.8, 4) is 11.1 Å². The van der Waals surface area contributed by atoms with E-state index >= 15 is 0 Å². The van der Waals surface area contributed by atoms with Crippen molar-refractivity contribution in [2.75, 3.05) is 0 Å². The fourth-order valence-electron chi connectivity index (χ4n) is 4.01. The molecule has 0 heterocycles. The zero-order valence-corrected chi connectivity index (χ0v) is 18.9. The standard InChI is InChI=1S/C20H25Si.C5H5.Fe/c1-4-5-9-16-14-19-17(15-10-6-7-11-15)12-8-13-18(19)20(16)21(2)3;1-2-4-5-3-1;/h6-8,10-13,21H,4-5,9,14H2,1-3H3;1-5H;/q2*-1;+2. The molecule has 0 N–H and O–H groups in total. The van der Waals surface area contributed by atoms with Crippen LogP contribution in [-0.4, -0.2) is 8.80 Å². The molecular formula is C25H30FeSi. The quantitative estimate of drug-likeness (QED) is 0.311. The second kappa shape index (κ2) is 10.7. The molecule has 0 amide bonds. The molecule has 0 spiro atoms. The van der Waals surface area contributed by atoms with Crippen molar-refractivity contribution < 1.29 is 17.1 Å². The first kappa shape index (κ1) is 21.7. The van der Waals surface area contributed by atoms with Crippen molar-refractivity contribution in [3.05, 3.63) is 89.5 Å². The molecule has 3 aromatic carbocycles. The minimum Gasteiger partial charge on any atom is -0.214 e. The number of hydrogen-bond donors (Lipinski definition) is 0. The number of rotatable bonds is 5. The molecule has 3 aromatic rings. The molecule has 0 nitrogen and oxygen atoms in total. The minimum atomic E-state index is -0.780. The Morgan fingerprint density at radius 2 is 1.70 bits per heavy atom. The molecule has 0 bridgehead atoms. The first-order chi connectivity index (χ1) is 12.7.